The highest BCUT2D eigenvalue weighted by Gasteiger charge is 2.27. The number of hydrogen-bond donors (Lipinski definition) is 1. The molecule has 0 saturated heterocycles. The van der Waals surface area contributed by atoms with Crippen molar-refractivity contribution in [2.24, 2.45) is 0 Å². The van der Waals surface area contributed by atoms with Crippen molar-refractivity contribution < 1.29 is 17.9 Å². The van der Waals surface area contributed by atoms with Crippen molar-refractivity contribution in [1.29, 1.82) is 0 Å². The first-order chi connectivity index (χ1) is 15.2. The zero-order chi connectivity index (χ0) is 23.3. The number of methoxy groups -OCH3 is 1. The molecule has 1 amide bonds. The number of ether oxygens (including phenoxy) is 1. The van der Waals surface area contributed by atoms with Crippen LogP contribution in [0, 0.1) is 6.92 Å². The van der Waals surface area contributed by atoms with E-state index in [1.807, 2.05) is 24.3 Å². The van der Waals surface area contributed by atoms with Gasteiger partial charge in [-0.15, -0.1) is 0 Å². The Bertz CT molecular complexity index is 1170. The van der Waals surface area contributed by atoms with E-state index in [2.05, 4.69) is 19.2 Å². The molecular weight excluding hydrogens is 424 g/mol. The number of amides is 1. The number of nitrogens with zero attached hydrogens (tertiary/aromatic N) is 1. The number of sulfonamides is 1. The SMILES string of the molecule is COc1ccc(S(=O)(=O)N(CC(=O)Nc2ccc(C(C)C)cc2)c2ccccc2)cc1C. The summed E-state index contributed by atoms with van der Waals surface area (Å²) >= 11 is 0. The predicted molar refractivity (Wildman–Crippen MR) is 128 cm³/mol. The van der Waals surface area contributed by atoms with Crippen molar-refractivity contribution >= 4 is 27.3 Å². The summed E-state index contributed by atoms with van der Waals surface area (Å²) in [7, 11) is -2.46. The van der Waals surface area contributed by atoms with Crippen LogP contribution >= 0.6 is 0 Å². The zero-order valence-electron chi connectivity index (χ0n) is 18.7. The molecule has 0 heterocycles. The van der Waals surface area contributed by atoms with Gasteiger partial charge in [0.1, 0.15) is 12.3 Å². The molecule has 3 aromatic rings. The Morgan fingerprint density at radius 3 is 2.22 bits per heavy atom. The fourth-order valence-corrected chi connectivity index (χ4v) is 4.84. The first-order valence-corrected chi connectivity index (χ1v) is 11.8. The van der Waals surface area contributed by atoms with Crippen LogP contribution in [0.5, 0.6) is 5.75 Å². The van der Waals surface area contributed by atoms with Gasteiger partial charge in [0.2, 0.25) is 5.91 Å². The molecule has 0 aliphatic carbocycles. The lowest BCUT2D eigenvalue weighted by Crippen LogP contribution is -2.38. The molecule has 0 aromatic heterocycles. The molecule has 3 rings (SSSR count). The number of anilines is 2. The molecule has 168 valence electrons. The van der Waals surface area contributed by atoms with Crippen molar-refractivity contribution in [3.05, 3.63) is 83.9 Å². The lowest BCUT2D eigenvalue weighted by molar-refractivity contribution is -0.114. The molecule has 0 bridgehead atoms. The van der Waals surface area contributed by atoms with Crippen LogP contribution in [0.3, 0.4) is 0 Å². The monoisotopic (exact) mass is 452 g/mol. The number of nitrogens with one attached hydrogen (secondary N) is 1. The van der Waals surface area contributed by atoms with Crippen molar-refractivity contribution in [1.82, 2.24) is 0 Å². The fourth-order valence-electron chi connectivity index (χ4n) is 3.33. The Hall–Kier alpha value is -3.32. The van der Waals surface area contributed by atoms with E-state index in [9.17, 15) is 13.2 Å². The van der Waals surface area contributed by atoms with E-state index in [4.69, 9.17) is 4.74 Å². The Labute approximate surface area is 189 Å². The summed E-state index contributed by atoms with van der Waals surface area (Å²) in [6.07, 6.45) is 0. The largest absolute Gasteiger partial charge is 0.496 e. The summed E-state index contributed by atoms with van der Waals surface area (Å²) < 4.78 is 33.4. The van der Waals surface area contributed by atoms with Gasteiger partial charge in [-0.25, -0.2) is 8.42 Å². The smallest absolute Gasteiger partial charge is 0.264 e. The van der Waals surface area contributed by atoms with Crippen LogP contribution in [0.2, 0.25) is 0 Å². The minimum absolute atomic E-state index is 0.0914. The van der Waals surface area contributed by atoms with Crippen molar-refractivity contribution in [3.63, 3.8) is 0 Å². The van der Waals surface area contributed by atoms with Crippen LogP contribution in [-0.2, 0) is 14.8 Å². The Balaban J connectivity index is 1.89. The molecule has 1 N–H and O–H groups in total. The maximum Gasteiger partial charge on any atom is 0.264 e. The molecule has 3 aromatic carbocycles. The van der Waals surface area contributed by atoms with E-state index in [1.54, 1.807) is 49.4 Å². The topological polar surface area (TPSA) is 75.7 Å². The molecular formula is C25H28N2O4S. The average molecular weight is 453 g/mol. The second-order valence-corrected chi connectivity index (χ2v) is 9.67. The third-order valence-electron chi connectivity index (χ3n) is 5.15. The molecule has 0 aliphatic rings. The predicted octanol–water partition coefficient (Wildman–Crippen LogP) is 4.96. The maximum absolute atomic E-state index is 13.5. The summed E-state index contributed by atoms with van der Waals surface area (Å²) in [6, 6.07) is 20.8. The van der Waals surface area contributed by atoms with Crippen LogP contribution in [0.25, 0.3) is 0 Å². The number of carbonyl (C=O) groups is 1. The summed E-state index contributed by atoms with van der Waals surface area (Å²) in [5.41, 5.74) is 2.87. The molecule has 7 heteroatoms. The van der Waals surface area contributed by atoms with Gasteiger partial charge in [-0.2, -0.15) is 0 Å². The minimum Gasteiger partial charge on any atom is -0.496 e. The molecule has 0 radical (unpaired) electrons. The van der Waals surface area contributed by atoms with Crippen LogP contribution in [0.15, 0.2) is 77.7 Å². The van der Waals surface area contributed by atoms with Gasteiger partial charge >= 0.3 is 0 Å². The molecule has 32 heavy (non-hydrogen) atoms. The zero-order valence-corrected chi connectivity index (χ0v) is 19.5. The van der Waals surface area contributed by atoms with Crippen LogP contribution in [0.4, 0.5) is 11.4 Å². The van der Waals surface area contributed by atoms with E-state index in [0.717, 1.165) is 9.87 Å². The van der Waals surface area contributed by atoms with Gasteiger partial charge in [0.15, 0.2) is 0 Å². The van der Waals surface area contributed by atoms with Gasteiger partial charge in [-0.1, -0.05) is 44.2 Å². The lowest BCUT2D eigenvalue weighted by atomic mass is 10.0. The van der Waals surface area contributed by atoms with Crippen molar-refractivity contribution in [2.75, 3.05) is 23.3 Å². The van der Waals surface area contributed by atoms with E-state index in [0.29, 0.717) is 28.6 Å². The summed E-state index contributed by atoms with van der Waals surface area (Å²) in [4.78, 5) is 12.9. The number of aryl methyl sites for hydroxylation is 1. The van der Waals surface area contributed by atoms with E-state index < -0.39 is 15.9 Å². The van der Waals surface area contributed by atoms with E-state index >= 15 is 0 Å². The van der Waals surface area contributed by atoms with Crippen LogP contribution in [0.1, 0.15) is 30.9 Å². The standard InChI is InChI=1S/C25H28N2O4S/c1-18(2)20-10-12-21(13-11-20)26-25(28)17-27(22-8-6-5-7-9-22)32(29,30)23-14-15-24(31-4)19(3)16-23/h5-16,18H,17H2,1-4H3,(H,26,28). The highest BCUT2D eigenvalue weighted by Crippen LogP contribution is 2.27. The van der Waals surface area contributed by atoms with Gasteiger partial charge in [0.25, 0.3) is 10.0 Å². The number of carbonyl (C=O) groups excluding carboxylic acids is 1. The van der Waals surface area contributed by atoms with Gasteiger partial charge in [-0.05, 0) is 66.4 Å². The Kier molecular flexibility index (Phi) is 7.20. The summed E-state index contributed by atoms with van der Waals surface area (Å²) in [5, 5.41) is 2.80. The Morgan fingerprint density at radius 1 is 1.00 bits per heavy atom. The number of benzene rings is 3. The van der Waals surface area contributed by atoms with E-state index in [1.165, 1.54) is 13.2 Å². The van der Waals surface area contributed by atoms with Crippen molar-refractivity contribution in [2.45, 2.75) is 31.6 Å². The van der Waals surface area contributed by atoms with Gasteiger partial charge in [0.05, 0.1) is 17.7 Å². The summed E-state index contributed by atoms with van der Waals surface area (Å²) in [5.74, 6) is 0.546. The van der Waals surface area contributed by atoms with E-state index in [-0.39, 0.29) is 11.4 Å². The molecule has 0 unspecified atom stereocenters. The maximum atomic E-state index is 13.5. The normalized spacial score (nSPS) is 11.3. The number of hydrogen-bond acceptors (Lipinski definition) is 4. The van der Waals surface area contributed by atoms with Crippen LogP contribution < -0.4 is 14.4 Å². The third-order valence-corrected chi connectivity index (χ3v) is 6.92. The van der Waals surface area contributed by atoms with Crippen molar-refractivity contribution in [3.8, 4) is 5.75 Å². The highest BCUT2D eigenvalue weighted by molar-refractivity contribution is 7.92. The molecule has 0 fully saturated rings. The molecule has 0 saturated carbocycles. The summed E-state index contributed by atoms with van der Waals surface area (Å²) in [6.45, 7) is 5.61. The van der Waals surface area contributed by atoms with Gasteiger partial charge in [-0.3, -0.25) is 9.10 Å². The molecule has 0 aliphatic heterocycles. The number of rotatable bonds is 8. The first-order valence-electron chi connectivity index (χ1n) is 10.3. The fraction of sp³-hybridized carbons (Fsp3) is 0.240. The van der Waals surface area contributed by atoms with Crippen LogP contribution in [-0.4, -0.2) is 28.0 Å². The molecule has 0 atom stereocenters. The second-order valence-electron chi connectivity index (χ2n) is 7.80. The molecule has 6 nitrogen and oxygen atoms in total. The number of para-hydroxylation sites is 1. The van der Waals surface area contributed by atoms with Gasteiger partial charge in [0, 0.05) is 5.69 Å². The first kappa shape index (κ1) is 23.3. The molecule has 0 spiro atoms. The average Bonchev–Trinajstić information content (AvgIpc) is 2.78. The minimum atomic E-state index is -3.99. The second kappa shape index (κ2) is 9.87. The quantitative estimate of drug-likeness (QED) is 0.524. The lowest BCUT2D eigenvalue weighted by Gasteiger charge is -2.24. The Morgan fingerprint density at radius 2 is 1.66 bits per heavy atom. The van der Waals surface area contributed by atoms with Gasteiger partial charge < -0.3 is 10.1 Å². The third kappa shape index (κ3) is 5.29. The highest BCUT2D eigenvalue weighted by atomic mass is 32.2.